The number of aryl methyl sites for hydroxylation is 1. The molecular formula is C22H30N4O5S. The molecule has 2 heterocycles. The predicted octanol–water partition coefficient (Wildman–Crippen LogP) is 0.688. The lowest BCUT2D eigenvalue weighted by molar-refractivity contribution is -0.142. The molecule has 2 atom stereocenters. The molecule has 32 heavy (non-hydrogen) atoms. The van der Waals surface area contributed by atoms with Crippen molar-refractivity contribution >= 4 is 23.2 Å². The van der Waals surface area contributed by atoms with E-state index < -0.39 is 12.1 Å². The van der Waals surface area contributed by atoms with Gasteiger partial charge in [-0.2, -0.15) is 0 Å². The van der Waals surface area contributed by atoms with Crippen LogP contribution in [0.3, 0.4) is 0 Å². The first-order valence-corrected chi connectivity index (χ1v) is 11.5. The van der Waals surface area contributed by atoms with E-state index in [9.17, 15) is 14.7 Å². The van der Waals surface area contributed by atoms with Crippen molar-refractivity contribution < 1.29 is 24.2 Å². The first kappa shape index (κ1) is 24.3. The van der Waals surface area contributed by atoms with Crippen LogP contribution < -0.4 is 11.1 Å². The van der Waals surface area contributed by atoms with Crippen LogP contribution in [0.5, 0.6) is 0 Å². The highest BCUT2D eigenvalue weighted by atomic mass is 32.1. The first-order chi connectivity index (χ1) is 15.5. The molecule has 0 bridgehead atoms. The van der Waals surface area contributed by atoms with Crippen LogP contribution in [0.2, 0.25) is 0 Å². The number of ether oxygens (including phenoxy) is 2. The van der Waals surface area contributed by atoms with Crippen LogP contribution >= 0.6 is 11.3 Å². The first-order valence-electron chi connectivity index (χ1n) is 10.6. The second kappa shape index (κ2) is 12.0. The van der Waals surface area contributed by atoms with E-state index >= 15 is 0 Å². The molecule has 9 nitrogen and oxygen atoms in total. The zero-order chi connectivity index (χ0) is 22.9. The summed E-state index contributed by atoms with van der Waals surface area (Å²) in [7, 11) is 0. The van der Waals surface area contributed by atoms with Gasteiger partial charge in [-0.3, -0.25) is 9.59 Å². The maximum Gasteiger partial charge on any atom is 0.249 e. The van der Waals surface area contributed by atoms with Crippen molar-refractivity contribution in [3.63, 3.8) is 0 Å². The molecule has 1 aromatic heterocycles. The zero-order valence-corrected chi connectivity index (χ0v) is 19.0. The fourth-order valence-electron chi connectivity index (χ4n) is 3.54. The lowest BCUT2D eigenvalue weighted by atomic mass is 10.1. The van der Waals surface area contributed by atoms with Crippen LogP contribution in [-0.2, 0) is 25.6 Å². The number of benzene rings is 1. The number of nitrogens with two attached hydrogens (primary N) is 1. The maximum absolute atomic E-state index is 12.7. The molecule has 0 unspecified atom stereocenters. The lowest BCUT2D eigenvalue weighted by Gasteiger charge is -2.23. The molecule has 2 aromatic rings. The number of rotatable bonds is 11. The fraction of sp³-hybridized carbons (Fsp3) is 0.500. The van der Waals surface area contributed by atoms with Crippen molar-refractivity contribution in [3.8, 4) is 10.4 Å². The van der Waals surface area contributed by atoms with Crippen LogP contribution in [0, 0.1) is 6.92 Å². The summed E-state index contributed by atoms with van der Waals surface area (Å²) in [6, 6.07) is 7.22. The summed E-state index contributed by atoms with van der Waals surface area (Å²) in [6.07, 6.45) is -0.523. The number of aliphatic hydroxyl groups excluding tert-OH is 1. The van der Waals surface area contributed by atoms with Crippen LogP contribution in [0.1, 0.15) is 17.7 Å². The van der Waals surface area contributed by atoms with Gasteiger partial charge >= 0.3 is 0 Å². The van der Waals surface area contributed by atoms with Crippen LogP contribution in [0.25, 0.3) is 10.4 Å². The Labute approximate surface area is 191 Å². The monoisotopic (exact) mass is 462 g/mol. The van der Waals surface area contributed by atoms with Crippen LogP contribution in [0.15, 0.2) is 29.8 Å². The number of aliphatic hydroxyl groups is 1. The number of carbonyl (C=O) groups excluding carboxylic acids is 2. The Morgan fingerprint density at radius 2 is 2.00 bits per heavy atom. The number of carbonyl (C=O) groups is 2. The molecule has 4 N–H and O–H groups in total. The van der Waals surface area contributed by atoms with Crippen molar-refractivity contribution in [1.82, 2.24) is 15.2 Å². The lowest BCUT2D eigenvalue weighted by Crippen LogP contribution is -2.47. The minimum absolute atomic E-state index is 0.118. The molecule has 10 heteroatoms. The summed E-state index contributed by atoms with van der Waals surface area (Å²) in [5.74, 6) is -0.617. The topological polar surface area (TPSA) is 127 Å². The van der Waals surface area contributed by atoms with Crippen molar-refractivity contribution in [2.45, 2.75) is 32.0 Å². The van der Waals surface area contributed by atoms with E-state index in [1.165, 1.54) is 4.90 Å². The molecule has 174 valence electrons. The second-order valence-electron chi connectivity index (χ2n) is 7.59. The molecule has 0 spiro atoms. The Bertz CT molecular complexity index is 889. The SMILES string of the molecule is Cc1ncsc1-c1ccc(CNC(=O)[C@@H]2C[C@@H](O)CN2C(=O)COCCOCCN)cc1. The molecule has 0 saturated carbocycles. The Kier molecular flexibility index (Phi) is 9.12. The summed E-state index contributed by atoms with van der Waals surface area (Å²) in [5.41, 5.74) is 10.2. The number of nitrogens with zero attached hydrogens (tertiary/aromatic N) is 2. The molecule has 0 radical (unpaired) electrons. The summed E-state index contributed by atoms with van der Waals surface area (Å²) in [5, 5.41) is 12.9. The van der Waals surface area contributed by atoms with Gasteiger partial charge in [-0.1, -0.05) is 24.3 Å². The maximum atomic E-state index is 12.7. The highest BCUT2D eigenvalue weighted by Crippen LogP contribution is 2.27. The van der Waals surface area contributed by atoms with Gasteiger partial charge in [0.05, 0.1) is 42.0 Å². The molecule has 1 fully saturated rings. The van der Waals surface area contributed by atoms with Crippen molar-refractivity contribution in [3.05, 3.63) is 41.0 Å². The van der Waals surface area contributed by atoms with E-state index in [4.69, 9.17) is 15.2 Å². The molecule has 2 amide bonds. The third kappa shape index (κ3) is 6.57. The quantitative estimate of drug-likeness (QED) is 0.419. The Morgan fingerprint density at radius 1 is 1.25 bits per heavy atom. The number of β-amino-alcohol motifs (C(OH)–C–C–N with tert-alkyl or cyclic N) is 1. The number of likely N-dealkylation sites (tertiary alicyclic amines) is 1. The third-order valence-electron chi connectivity index (χ3n) is 5.19. The molecule has 1 saturated heterocycles. The third-order valence-corrected chi connectivity index (χ3v) is 6.17. The fourth-order valence-corrected chi connectivity index (χ4v) is 4.36. The van der Waals surface area contributed by atoms with Gasteiger partial charge in [0.15, 0.2) is 0 Å². The van der Waals surface area contributed by atoms with Gasteiger partial charge in [0.2, 0.25) is 11.8 Å². The number of nitrogens with one attached hydrogen (secondary N) is 1. The smallest absolute Gasteiger partial charge is 0.249 e. The number of hydrogen-bond donors (Lipinski definition) is 3. The second-order valence-corrected chi connectivity index (χ2v) is 8.44. The highest BCUT2D eigenvalue weighted by molar-refractivity contribution is 7.13. The van der Waals surface area contributed by atoms with Gasteiger partial charge in [-0.15, -0.1) is 11.3 Å². The summed E-state index contributed by atoms with van der Waals surface area (Å²) in [4.78, 5) is 32.0. The van der Waals surface area contributed by atoms with E-state index in [0.717, 1.165) is 21.7 Å². The van der Waals surface area contributed by atoms with E-state index in [2.05, 4.69) is 10.3 Å². The average Bonchev–Trinajstić information content (AvgIpc) is 3.40. The van der Waals surface area contributed by atoms with E-state index in [1.54, 1.807) is 11.3 Å². The van der Waals surface area contributed by atoms with Gasteiger partial charge in [-0.25, -0.2) is 4.98 Å². The van der Waals surface area contributed by atoms with Crippen molar-refractivity contribution in [2.75, 3.05) is 39.5 Å². The number of thiazole rings is 1. The van der Waals surface area contributed by atoms with Crippen LogP contribution in [0.4, 0.5) is 0 Å². The molecule has 1 aliphatic heterocycles. The molecule has 0 aliphatic carbocycles. The Balaban J connectivity index is 1.48. The predicted molar refractivity (Wildman–Crippen MR) is 121 cm³/mol. The van der Waals surface area contributed by atoms with Crippen LogP contribution in [-0.4, -0.2) is 78.5 Å². The summed E-state index contributed by atoms with van der Waals surface area (Å²) < 4.78 is 10.5. The minimum Gasteiger partial charge on any atom is -0.391 e. The van der Waals surface area contributed by atoms with Crippen molar-refractivity contribution in [1.29, 1.82) is 0 Å². The van der Waals surface area contributed by atoms with E-state index in [0.29, 0.717) is 26.3 Å². The number of hydrogen-bond acceptors (Lipinski definition) is 8. The molecular weight excluding hydrogens is 432 g/mol. The standard InChI is InChI=1S/C22H30N4O5S/c1-15-21(32-14-25-15)17-4-2-16(3-5-17)11-24-22(29)19-10-18(27)12-26(19)20(28)13-31-9-8-30-7-6-23/h2-5,14,18-19,27H,6-13,23H2,1H3,(H,24,29)/t18-,19+/m1/s1. The number of amides is 2. The zero-order valence-electron chi connectivity index (χ0n) is 18.2. The van der Waals surface area contributed by atoms with Gasteiger partial charge in [0.1, 0.15) is 12.6 Å². The Hall–Kier alpha value is -2.37. The minimum atomic E-state index is -0.732. The molecule has 1 aromatic carbocycles. The summed E-state index contributed by atoms with van der Waals surface area (Å²) in [6.45, 7) is 3.74. The van der Waals surface area contributed by atoms with Gasteiger partial charge in [-0.05, 0) is 18.1 Å². The number of aromatic nitrogens is 1. The van der Waals surface area contributed by atoms with E-state index in [1.807, 2.05) is 36.7 Å². The largest absolute Gasteiger partial charge is 0.391 e. The average molecular weight is 463 g/mol. The summed E-state index contributed by atoms with van der Waals surface area (Å²) >= 11 is 1.59. The Morgan fingerprint density at radius 3 is 2.69 bits per heavy atom. The highest BCUT2D eigenvalue weighted by Gasteiger charge is 2.38. The molecule has 3 rings (SSSR count). The van der Waals surface area contributed by atoms with E-state index in [-0.39, 0.29) is 38.0 Å². The van der Waals surface area contributed by atoms with Crippen molar-refractivity contribution in [2.24, 2.45) is 5.73 Å². The van der Waals surface area contributed by atoms with Gasteiger partial charge < -0.3 is 30.5 Å². The molecule has 1 aliphatic rings. The van der Waals surface area contributed by atoms with Gasteiger partial charge in [0.25, 0.3) is 0 Å². The van der Waals surface area contributed by atoms with Gasteiger partial charge in [0, 0.05) is 26.1 Å². The normalized spacial score (nSPS) is 18.2.